The third-order valence-corrected chi connectivity index (χ3v) is 3.46. The summed E-state index contributed by atoms with van der Waals surface area (Å²) in [5.74, 6) is 0.0727. The molecule has 1 aliphatic carbocycles. The third kappa shape index (κ3) is 2.52. The molecule has 6 heteroatoms. The lowest BCUT2D eigenvalue weighted by molar-refractivity contribution is 0.0693. The van der Waals surface area contributed by atoms with Crippen molar-refractivity contribution in [3.63, 3.8) is 0 Å². The zero-order chi connectivity index (χ0) is 14.8. The van der Waals surface area contributed by atoms with E-state index in [0.29, 0.717) is 11.6 Å². The molecule has 0 unspecified atom stereocenters. The second-order valence-corrected chi connectivity index (χ2v) is 4.73. The summed E-state index contributed by atoms with van der Waals surface area (Å²) in [5, 5.41) is 9.29. The quantitative estimate of drug-likeness (QED) is 0.929. The van der Waals surface area contributed by atoms with Crippen LogP contribution in [-0.4, -0.2) is 28.2 Å². The molecule has 1 N–H and O–H groups in total. The van der Waals surface area contributed by atoms with Crippen LogP contribution in [0.15, 0.2) is 24.5 Å². The van der Waals surface area contributed by atoms with Crippen molar-refractivity contribution < 1.29 is 19.4 Å². The highest BCUT2D eigenvalue weighted by Gasteiger charge is 2.20. The molecule has 0 amide bonds. The van der Waals surface area contributed by atoms with Crippen LogP contribution in [0.5, 0.6) is 17.4 Å². The van der Waals surface area contributed by atoms with E-state index in [0.717, 1.165) is 30.5 Å². The maximum absolute atomic E-state index is 11.3. The van der Waals surface area contributed by atoms with Crippen molar-refractivity contribution in [2.45, 2.75) is 19.3 Å². The molecule has 1 aromatic carbocycles. The van der Waals surface area contributed by atoms with Crippen LogP contribution < -0.4 is 9.47 Å². The Balaban J connectivity index is 1.99. The van der Waals surface area contributed by atoms with Gasteiger partial charge < -0.3 is 14.6 Å². The molecule has 0 aliphatic heterocycles. The lowest BCUT2D eigenvalue weighted by Gasteiger charge is -2.11. The molecule has 0 fully saturated rings. The molecule has 0 spiro atoms. The molecule has 1 heterocycles. The molecule has 0 radical (unpaired) electrons. The van der Waals surface area contributed by atoms with Crippen LogP contribution in [0.4, 0.5) is 0 Å². The summed E-state index contributed by atoms with van der Waals surface area (Å²) in [6, 6.07) is 4.66. The van der Waals surface area contributed by atoms with Gasteiger partial charge in [0.15, 0.2) is 0 Å². The molecular formula is C15H14N2O4. The van der Waals surface area contributed by atoms with Crippen LogP contribution in [0.1, 0.15) is 28.0 Å². The first-order valence-electron chi connectivity index (χ1n) is 6.61. The smallest absolute Gasteiger partial charge is 0.339 e. The number of nitrogens with zero attached hydrogens (tertiary/aromatic N) is 2. The van der Waals surface area contributed by atoms with Crippen molar-refractivity contribution in [3.05, 3.63) is 41.3 Å². The number of aromatic nitrogens is 2. The van der Waals surface area contributed by atoms with Crippen molar-refractivity contribution in [1.29, 1.82) is 0 Å². The van der Waals surface area contributed by atoms with E-state index in [1.165, 1.54) is 19.5 Å². The Labute approximate surface area is 121 Å². The fourth-order valence-electron chi connectivity index (χ4n) is 2.41. The number of hydrogen-bond acceptors (Lipinski definition) is 5. The normalized spacial score (nSPS) is 12.8. The molecule has 1 aromatic heterocycles. The predicted molar refractivity (Wildman–Crippen MR) is 74.1 cm³/mol. The molecular weight excluding hydrogens is 272 g/mol. The summed E-state index contributed by atoms with van der Waals surface area (Å²) < 4.78 is 10.8. The van der Waals surface area contributed by atoms with Crippen molar-refractivity contribution in [3.8, 4) is 17.4 Å². The van der Waals surface area contributed by atoms with Gasteiger partial charge in [0.25, 0.3) is 0 Å². The van der Waals surface area contributed by atoms with Gasteiger partial charge in [-0.3, -0.25) is 0 Å². The summed E-state index contributed by atoms with van der Waals surface area (Å²) in [4.78, 5) is 19.7. The van der Waals surface area contributed by atoms with Crippen molar-refractivity contribution >= 4 is 5.97 Å². The Morgan fingerprint density at radius 3 is 2.90 bits per heavy atom. The van der Waals surface area contributed by atoms with E-state index in [1.807, 2.05) is 0 Å². The van der Waals surface area contributed by atoms with Crippen molar-refractivity contribution in [1.82, 2.24) is 9.97 Å². The maximum Gasteiger partial charge on any atom is 0.339 e. The topological polar surface area (TPSA) is 81.5 Å². The largest absolute Gasteiger partial charge is 0.497 e. The summed E-state index contributed by atoms with van der Waals surface area (Å²) >= 11 is 0. The SMILES string of the molecule is COc1ccc(Oc2ncnc3c2CCC3)c(C(=O)O)c1. The standard InChI is InChI=1S/C15H14N2O4/c1-20-9-5-6-13(11(7-9)15(18)19)21-14-10-3-2-4-12(10)16-8-17-14/h5-8H,2-4H2,1H3,(H,18,19). The van der Waals surface area contributed by atoms with Crippen LogP contribution in [0.2, 0.25) is 0 Å². The number of aromatic carboxylic acids is 1. The summed E-state index contributed by atoms with van der Waals surface area (Å²) in [6.07, 6.45) is 4.22. The van der Waals surface area contributed by atoms with Gasteiger partial charge in [0.05, 0.1) is 12.8 Å². The average Bonchev–Trinajstić information content (AvgIpc) is 2.97. The third-order valence-electron chi connectivity index (χ3n) is 3.46. The van der Waals surface area contributed by atoms with Crippen LogP contribution in [0.3, 0.4) is 0 Å². The van der Waals surface area contributed by atoms with Crippen LogP contribution >= 0.6 is 0 Å². The zero-order valence-electron chi connectivity index (χ0n) is 11.5. The molecule has 0 bridgehead atoms. The van der Waals surface area contributed by atoms with E-state index in [-0.39, 0.29) is 11.3 Å². The average molecular weight is 286 g/mol. The van der Waals surface area contributed by atoms with Gasteiger partial charge in [-0.05, 0) is 37.5 Å². The van der Waals surface area contributed by atoms with Crippen molar-refractivity contribution in [2.75, 3.05) is 7.11 Å². The first-order valence-corrected chi connectivity index (χ1v) is 6.61. The number of fused-ring (bicyclic) bond motifs is 1. The van der Waals surface area contributed by atoms with Crippen LogP contribution in [0, 0.1) is 0 Å². The van der Waals surface area contributed by atoms with Gasteiger partial charge in [0.2, 0.25) is 5.88 Å². The van der Waals surface area contributed by atoms with E-state index in [1.54, 1.807) is 12.1 Å². The zero-order valence-corrected chi connectivity index (χ0v) is 11.5. The molecule has 0 atom stereocenters. The number of benzene rings is 1. The summed E-state index contributed by atoms with van der Waals surface area (Å²) in [7, 11) is 1.48. The molecule has 1 aliphatic rings. The number of hydrogen-bond donors (Lipinski definition) is 1. The molecule has 108 valence electrons. The number of aryl methyl sites for hydroxylation is 1. The molecule has 21 heavy (non-hydrogen) atoms. The van der Waals surface area contributed by atoms with E-state index in [9.17, 15) is 9.90 Å². The monoisotopic (exact) mass is 286 g/mol. The van der Waals surface area contributed by atoms with Crippen molar-refractivity contribution in [2.24, 2.45) is 0 Å². The lowest BCUT2D eigenvalue weighted by Crippen LogP contribution is -2.03. The maximum atomic E-state index is 11.3. The highest BCUT2D eigenvalue weighted by molar-refractivity contribution is 5.91. The van der Waals surface area contributed by atoms with Gasteiger partial charge in [-0.1, -0.05) is 0 Å². The number of carboxylic acid groups (broad SMARTS) is 1. The van der Waals surface area contributed by atoms with Gasteiger partial charge in [-0.2, -0.15) is 0 Å². The Kier molecular flexibility index (Phi) is 3.43. The van der Waals surface area contributed by atoms with Gasteiger partial charge in [0.1, 0.15) is 23.4 Å². The number of carboxylic acids is 1. The number of rotatable bonds is 4. The van der Waals surface area contributed by atoms with Gasteiger partial charge >= 0.3 is 5.97 Å². The first-order chi connectivity index (χ1) is 10.2. The van der Waals surface area contributed by atoms with E-state index < -0.39 is 5.97 Å². The summed E-state index contributed by atoms with van der Waals surface area (Å²) in [5.41, 5.74) is 1.98. The molecule has 0 saturated heterocycles. The van der Waals surface area contributed by atoms with E-state index in [4.69, 9.17) is 9.47 Å². The molecule has 2 aromatic rings. The molecule has 0 saturated carbocycles. The first kappa shape index (κ1) is 13.4. The Morgan fingerprint density at radius 1 is 1.29 bits per heavy atom. The van der Waals surface area contributed by atoms with Gasteiger partial charge in [-0.25, -0.2) is 14.8 Å². The minimum atomic E-state index is -1.07. The van der Waals surface area contributed by atoms with E-state index in [2.05, 4.69) is 9.97 Å². The molecule has 6 nitrogen and oxygen atoms in total. The fraction of sp³-hybridized carbons (Fsp3) is 0.267. The Morgan fingerprint density at radius 2 is 2.14 bits per heavy atom. The highest BCUT2D eigenvalue weighted by Crippen LogP contribution is 2.33. The highest BCUT2D eigenvalue weighted by atomic mass is 16.5. The lowest BCUT2D eigenvalue weighted by atomic mass is 10.2. The number of ether oxygens (including phenoxy) is 2. The minimum Gasteiger partial charge on any atom is -0.497 e. The van der Waals surface area contributed by atoms with E-state index >= 15 is 0 Å². The Bertz CT molecular complexity index is 700. The second-order valence-electron chi connectivity index (χ2n) is 4.73. The van der Waals surface area contributed by atoms with Crippen LogP contribution in [0.25, 0.3) is 0 Å². The second kappa shape index (κ2) is 5.40. The van der Waals surface area contributed by atoms with Gasteiger partial charge in [0, 0.05) is 5.56 Å². The number of methoxy groups -OCH3 is 1. The fourth-order valence-corrected chi connectivity index (χ4v) is 2.41. The summed E-state index contributed by atoms with van der Waals surface area (Å²) in [6.45, 7) is 0. The minimum absolute atomic E-state index is 0.0414. The Hall–Kier alpha value is -2.63. The van der Waals surface area contributed by atoms with Gasteiger partial charge in [-0.15, -0.1) is 0 Å². The van der Waals surface area contributed by atoms with Crippen LogP contribution in [-0.2, 0) is 12.8 Å². The number of carbonyl (C=O) groups is 1. The molecule has 3 rings (SSSR count). The predicted octanol–water partition coefficient (Wildman–Crippen LogP) is 2.46.